The number of hydrogen-bond donors (Lipinski definition) is 2. The van der Waals surface area contributed by atoms with Crippen LogP contribution in [0.1, 0.15) is 23.6 Å². The summed E-state index contributed by atoms with van der Waals surface area (Å²) in [6.45, 7) is 5.34. The molecule has 0 saturated heterocycles. The highest BCUT2D eigenvalue weighted by Crippen LogP contribution is 2.33. The van der Waals surface area contributed by atoms with E-state index in [1.807, 2.05) is 19.1 Å². The van der Waals surface area contributed by atoms with Crippen LogP contribution in [-0.4, -0.2) is 33.8 Å². The third kappa shape index (κ3) is 5.52. The maximum Gasteiger partial charge on any atom is 0.191 e. The number of aryl methyl sites for hydroxylation is 1. The number of nitrogens with zero attached hydrogens (tertiary/aromatic N) is 1. The zero-order chi connectivity index (χ0) is 20.5. The second-order valence-corrected chi connectivity index (χ2v) is 6.14. The number of hydrogen-bond acceptors (Lipinski definition) is 4. The first kappa shape index (κ1) is 21.3. The van der Waals surface area contributed by atoms with Crippen LogP contribution < -0.4 is 24.8 Å². The van der Waals surface area contributed by atoms with E-state index in [-0.39, 0.29) is 5.82 Å². The number of benzene rings is 2. The number of aliphatic imine (C=N–C) groups is 1. The molecule has 0 aromatic heterocycles. The predicted octanol–water partition coefficient (Wildman–Crippen LogP) is 3.42. The van der Waals surface area contributed by atoms with E-state index in [2.05, 4.69) is 15.6 Å². The van der Waals surface area contributed by atoms with Gasteiger partial charge in [-0.1, -0.05) is 12.1 Å². The molecule has 0 saturated carbocycles. The van der Waals surface area contributed by atoms with Crippen molar-refractivity contribution in [3.8, 4) is 17.2 Å². The zero-order valence-corrected chi connectivity index (χ0v) is 17.1. The number of ether oxygens (including phenoxy) is 3. The number of halogens is 1. The van der Waals surface area contributed by atoms with Gasteiger partial charge in [0.15, 0.2) is 5.96 Å². The van der Waals surface area contributed by atoms with Gasteiger partial charge in [-0.2, -0.15) is 0 Å². The fourth-order valence-electron chi connectivity index (χ4n) is 2.74. The van der Waals surface area contributed by atoms with Gasteiger partial charge in [0.2, 0.25) is 0 Å². The van der Waals surface area contributed by atoms with Crippen LogP contribution in [0.3, 0.4) is 0 Å². The standard InChI is InChI=1S/C21H28FN3O3/c1-6-23-21(24-12-15-7-8-18(22)14(2)9-15)25-13-17-19(27-4)10-16(26-3)11-20(17)28-5/h7-11H,6,12-13H2,1-5H3,(H2,23,24,25). The molecule has 28 heavy (non-hydrogen) atoms. The molecule has 0 aliphatic rings. The van der Waals surface area contributed by atoms with Crippen LogP contribution in [0.5, 0.6) is 17.2 Å². The minimum Gasteiger partial charge on any atom is -0.496 e. The molecule has 152 valence electrons. The molecule has 0 bridgehead atoms. The molecule has 0 aliphatic heterocycles. The first-order valence-corrected chi connectivity index (χ1v) is 9.08. The van der Waals surface area contributed by atoms with Gasteiger partial charge >= 0.3 is 0 Å². The summed E-state index contributed by atoms with van der Waals surface area (Å²) in [5.41, 5.74) is 2.41. The van der Waals surface area contributed by atoms with Crippen molar-refractivity contribution in [1.29, 1.82) is 0 Å². The third-order valence-corrected chi connectivity index (χ3v) is 4.24. The molecule has 0 radical (unpaired) electrons. The van der Waals surface area contributed by atoms with Gasteiger partial charge in [0, 0.05) is 18.7 Å². The van der Waals surface area contributed by atoms with Crippen LogP contribution in [0.2, 0.25) is 0 Å². The molecule has 0 aliphatic carbocycles. The highest BCUT2D eigenvalue weighted by molar-refractivity contribution is 5.80. The molecule has 0 fully saturated rings. The normalized spacial score (nSPS) is 11.1. The van der Waals surface area contributed by atoms with Gasteiger partial charge in [-0.05, 0) is 31.0 Å². The summed E-state index contributed by atoms with van der Waals surface area (Å²) in [6, 6.07) is 8.63. The Hall–Kier alpha value is -2.96. The van der Waals surface area contributed by atoms with E-state index in [0.29, 0.717) is 48.4 Å². The van der Waals surface area contributed by atoms with Crippen LogP contribution in [0.4, 0.5) is 4.39 Å². The molecule has 2 N–H and O–H groups in total. The van der Waals surface area contributed by atoms with Crippen molar-refractivity contribution in [3.63, 3.8) is 0 Å². The summed E-state index contributed by atoms with van der Waals surface area (Å²) < 4.78 is 29.7. The van der Waals surface area contributed by atoms with E-state index in [9.17, 15) is 4.39 Å². The molecule has 0 unspecified atom stereocenters. The largest absolute Gasteiger partial charge is 0.496 e. The van der Waals surface area contributed by atoms with Crippen LogP contribution in [0.25, 0.3) is 0 Å². The Balaban J connectivity index is 2.17. The number of methoxy groups -OCH3 is 3. The lowest BCUT2D eigenvalue weighted by molar-refractivity contribution is 0.368. The van der Waals surface area contributed by atoms with Gasteiger partial charge in [-0.25, -0.2) is 9.38 Å². The van der Waals surface area contributed by atoms with Crippen molar-refractivity contribution in [2.24, 2.45) is 4.99 Å². The minimum absolute atomic E-state index is 0.212. The molecule has 2 rings (SSSR count). The Morgan fingerprint density at radius 1 is 1.00 bits per heavy atom. The van der Waals surface area contributed by atoms with Crippen molar-refractivity contribution >= 4 is 5.96 Å². The van der Waals surface area contributed by atoms with E-state index >= 15 is 0 Å². The maximum absolute atomic E-state index is 13.4. The molecule has 6 nitrogen and oxygen atoms in total. The monoisotopic (exact) mass is 389 g/mol. The SMILES string of the molecule is CCNC(=NCc1ccc(F)c(C)c1)NCc1c(OC)cc(OC)cc1OC. The van der Waals surface area contributed by atoms with E-state index in [1.54, 1.807) is 40.4 Å². The molecule has 2 aromatic rings. The number of nitrogens with one attached hydrogen (secondary N) is 2. The highest BCUT2D eigenvalue weighted by Gasteiger charge is 2.13. The lowest BCUT2D eigenvalue weighted by Crippen LogP contribution is -2.37. The van der Waals surface area contributed by atoms with Crippen molar-refractivity contribution in [3.05, 3.63) is 52.8 Å². The average Bonchev–Trinajstić information content (AvgIpc) is 2.71. The Bertz CT molecular complexity index is 800. The van der Waals surface area contributed by atoms with Crippen molar-refractivity contribution in [2.45, 2.75) is 26.9 Å². The molecular weight excluding hydrogens is 361 g/mol. The lowest BCUT2D eigenvalue weighted by Gasteiger charge is -2.17. The van der Waals surface area contributed by atoms with Crippen LogP contribution in [0.15, 0.2) is 35.3 Å². The summed E-state index contributed by atoms with van der Waals surface area (Å²) in [4.78, 5) is 4.58. The van der Waals surface area contributed by atoms with Crippen molar-refractivity contribution < 1.29 is 18.6 Å². The van der Waals surface area contributed by atoms with Gasteiger partial charge in [0.05, 0.1) is 40.0 Å². The lowest BCUT2D eigenvalue weighted by atomic mass is 10.1. The minimum atomic E-state index is -0.212. The fourth-order valence-corrected chi connectivity index (χ4v) is 2.74. The second kappa shape index (κ2) is 10.4. The quantitative estimate of drug-likeness (QED) is 0.535. The smallest absolute Gasteiger partial charge is 0.191 e. The van der Waals surface area contributed by atoms with Crippen LogP contribution in [-0.2, 0) is 13.1 Å². The molecule has 0 amide bonds. The topological polar surface area (TPSA) is 64.1 Å². The Labute approximate surface area is 165 Å². The Kier molecular flexibility index (Phi) is 7.92. The average molecular weight is 389 g/mol. The van der Waals surface area contributed by atoms with E-state index in [4.69, 9.17) is 14.2 Å². The molecule has 7 heteroatoms. The third-order valence-electron chi connectivity index (χ3n) is 4.24. The summed E-state index contributed by atoms with van der Waals surface area (Å²) in [6.07, 6.45) is 0. The van der Waals surface area contributed by atoms with Crippen LogP contribution >= 0.6 is 0 Å². The van der Waals surface area contributed by atoms with Crippen LogP contribution in [0, 0.1) is 12.7 Å². The number of rotatable bonds is 8. The first-order chi connectivity index (χ1) is 13.5. The maximum atomic E-state index is 13.4. The molecule has 0 atom stereocenters. The first-order valence-electron chi connectivity index (χ1n) is 9.08. The molecule has 0 spiro atoms. The van der Waals surface area contributed by atoms with Gasteiger partial charge in [-0.3, -0.25) is 0 Å². The van der Waals surface area contributed by atoms with Gasteiger partial charge in [0.1, 0.15) is 23.1 Å². The van der Waals surface area contributed by atoms with E-state index in [1.165, 1.54) is 6.07 Å². The summed E-state index contributed by atoms with van der Waals surface area (Å²) >= 11 is 0. The van der Waals surface area contributed by atoms with Crippen molar-refractivity contribution in [2.75, 3.05) is 27.9 Å². The van der Waals surface area contributed by atoms with E-state index in [0.717, 1.165) is 11.1 Å². The molecular formula is C21H28FN3O3. The summed E-state index contributed by atoms with van der Waals surface area (Å²) in [7, 11) is 4.81. The molecule has 2 aromatic carbocycles. The number of guanidine groups is 1. The Morgan fingerprint density at radius 2 is 1.68 bits per heavy atom. The Morgan fingerprint density at radius 3 is 2.21 bits per heavy atom. The van der Waals surface area contributed by atoms with E-state index < -0.39 is 0 Å². The zero-order valence-electron chi connectivity index (χ0n) is 17.1. The van der Waals surface area contributed by atoms with Gasteiger partial charge in [-0.15, -0.1) is 0 Å². The predicted molar refractivity (Wildman–Crippen MR) is 109 cm³/mol. The molecule has 0 heterocycles. The van der Waals surface area contributed by atoms with Crippen molar-refractivity contribution in [1.82, 2.24) is 10.6 Å². The summed E-state index contributed by atoms with van der Waals surface area (Å²) in [5.74, 6) is 2.41. The fraction of sp³-hybridized carbons (Fsp3) is 0.381. The summed E-state index contributed by atoms with van der Waals surface area (Å²) in [5, 5.41) is 6.49. The highest BCUT2D eigenvalue weighted by atomic mass is 19.1. The van der Waals surface area contributed by atoms with Gasteiger partial charge in [0.25, 0.3) is 0 Å². The van der Waals surface area contributed by atoms with Gasteiger partial charge < -0.3 is 24.8 Å². The second-order valence-electron chi connectivity index (χ2n) is 6.14.